The van der Waals surface area contributed by atoms with Gasteiger partial charge < -0.3 is 14.2 Å². The topological polar surface area (TPSA) is 51.2 Å². The highest BCUT2D eigenvalue weighted by Gasteiger charge is 2.38. The fourth-order valence-electron chi connectivity index (χ4n) is 10.1. The zero-order chi connectivity index (χ0) is 39.6. The van der Waals surface area contributed by atoms with Crippen LogP contribution in [-0.2, 0) is 10.8 Å². The molecule has 0 aliphatic heterocycles. The summed E-state index contributed by atoms with van der Waals surface area (Å²) < 4.78 is 12.9. The van der Waals surface area contributed by atoms with Gasteiger partial charge in [-0.25, -0.2) is 4.98 Å². The average Bonchev–Trinajstić information content (AvgIpc) is 3.97. The van der Waals surface area contributed by atoms with Gasteiger partial charge in [0.15, 0.2) is 5.58 Å². The maximum absolute atomic E-state index is 6.65. The van der Waals surface area contributed by atoms with Gasteiger partial charge in [0.05, 0.1) is 0 Å². The van der Waals surface area contributed by atoms with E-state index in [1.807, 2.05) is 36.4 Å². The van der Waals surface area contributed by atoms with Crippen molar-refractivity contribution in [3.63, 3.8) is 0 Å². The first-order valence-corrected chi connectivity index (χ1v) is 20.4. The molecule has 2 heterocycles. The first-order chi connectivity index (χ1) is 28.7. The van der Waals surface area contributed by atoms with Crippen LogP contribution < -0.4 is 5.32 Å². The third-order valence-corrected chi connectivity index (χ3v) is 13.1. The SMILES string of the molecule is CC1(C)c2ccccc2-c2cc(Nc3ccc4c(c3-c3ccc(-c5cccc6c5oc5cc7oc(-c8ccccc8)nc7cc56)cc3)-c3ccccc3C4(C)C)ccc21. The summed E-state index contributed by atoms with van der Waals surface area (Å²) in [4.78, 5) is 4.84. The van der Waals surface area contributed by atoms with E-state index in [9.17, 15) is 0 Å². The van der Waals surface area contributed by atoms with Crippen molar-refractivity contribution < 1.29 is 8.83 Å². The number of para-hydroxylation sites is 1. The summed E-state index contributed by atoms with van der Waals surface area (Å²) in [6, 6.07) is 58.7. The molecule has 59 heavy (non-hydrogen) atoms. The van der Waals surface area contributed by atoms with E-state index in [0.29, 0.717) is 11.5 Å². The Morgan fingerprint density at radius 2 is 1.10 bits per heavy atom. The summed E-state index contributed by atoms with van der Waals surface area (Å²) in [5.41, 5.74) is 21.3. The highest BCUT2D eigenvalue weighted by molar-refractivity contribution is 6.12. The van der Waals surface area contributed by atoms with Crippen LogP contribution in [0.3, 0.4) is 0 Å². The summed E-state index contributed by atoms with van der Waals surface area (Å²) in [6.07, 6.45) is 0. The fourth-order valence-corrected chi connectivity index (χ4v) is 10.1. The van der Waals surface area contributed by atoms with Gasteiger partial charge in [0.1, 0.15) is 16.7 Å². The zero-order valence-electron chi connectivity index (χ0n) is 33.4. The maximum atomic E-state index is 6.65. The van der Waals surface area contributed by atoms with E-state index < -0.39 is 0 Å². The van der Waals surface area contributed by atoms with Gasteiger partial charge in [-0.1, -0.05) is 149 Å². The minimum atomic E-state index is -0.126. The Kier molecular flexibility index (Phi) is 7.00. The van der Waals surface area contributed by atoms with Crippen LogP contribution in [-0.4, -0.2) is 4.98 Å². The second kappa shape index (κ2) is 12.2. The van der Waals surface area contributed by atoms with Crippen LogP contribution in [0.2, 0.25) is 0 Å². The molecule has 0 radical (unpaired) electrons. The number of nitrogens with one attached hydrogen (secondary N) is 1. The number of benzene rings is 8. The fraction of sp³-hybridized carbons (Fsp3) is 0.109. The number of hydrogen-bond donors (Lipinski definition) is 1. The van der Waals surface area contributed by atoms with Gasteiger partial charge in [0.2, 0.25) is 5.89 Å². The van der Waals surface area contributed by atoms with E-state index >= 15 is 0 Å². The van der Waals surface area contributed by atoms with Crippen LogP contribution in [0.1, 0.15) is 49.9 Å². The molecule has 0 unspecified atom stereocenters. The Balaban J connectivity index is 0.970. The van der Waals surface area contributed by atoms with Crippen molar-refractivity contribution in [2.24, 2.45) is 0 Å². The van der Waals surface area contributed by atoms with Crippen molar-refractivity contribution in [2.75, 3.05) is 5.32 Å². The van der Waals surface area contributed by atoms with E-state index in [-0.39, 0.29) is 10.8 Å². The van der Waals surface area contributed by atoms with Gasteiger partial charge in [-0.15, -0.1) is 0 Å². The number of nitrogens with zero attached hydrogens (tertiary/aromatic N) is 1. The predicted molar refractivity (Wildman–Crippen MR) is 242 cm³/mol. The van der Waals surface area contributed by atoms with Gasteiger partial charge in [-0.2, -0.15) is 0 Å². The van der Waals surface area contributed by atoms with Crippen LogP contribution >= 0.6 is 0 Å². The molecule has 2 aliphatic carbocycles. The van der Waals surface area contributed by atoms with Crippen LogP contribution in [0, 0.1) is 0 Å². The van der Waals surface area contributed by atoms with Crippen LogP contribution in [0.4, 0.5) is 11.4 Å². The molecule has 0 fully saturated rings. The Morgan fingerprint density at radius 3 is 1.92 bits per heavy atom. The lowest BCUT2D eigenvalue weighted by Gasteiger charge is -2.23. The Morgan fingerprint density at radius 1 is 0.441 bits per heavy atom. The molecule has 2 aromatic heterocycles. The highest BCUT2D eigenvalue weighted by Crippen LogP contribution is 2.55. The quantitative estimate of drug-likeness (QED) is 0.190. The molecule has 0 spiro atoms. The summed E-state index contributed by atoms with van der Waals surface area (Å²) >= 11 is 0. The van der Waals surface area contributed by atoms with Gasteiger partial charge >= 0.3 is 0 Å². The second-order valence-electron chi connectivity index (χ2n) is 17.2. The molecule has 1 N–H and O–H groups in total. The van der Waals surface area contributed by atoms with Gasteiger partial charge in [-0.05, 0) is 92.0 Å². The third kappa shape index (κ3) is 4.93. The molecule has 8 aromatic carbocycles. The van der Waals surface area contributed by atoms with Crippen molar-refractivity contribution in [3.05, 3.63) is 186 Å². The molecule has 2 aliphatic rings. The Labute approximate surface area is 342 Å². The molecule has 282 valence electrons. The Bertz CT molecular complexity index is 3350. The van der Waals surface area contributed by atoms with E-state index in [1.165, 1.54) is 50.1 Å². The number of rotatable bonds is 5. The van der Waals surface area contributed by atoms with Crippen molar-refractivity contribution in [3.8, 4) is 56.0 Å². The lowest BCUT2D eigenvalue weighted by Crippen LogP contribution is -2.15. The van der Waals surface area contributed by atoms with E-state index in [0.717, 1.165) is 61.1 Å². The lowest BCUT2D eigenvalue weighted by atomic mass is 9.81. The van der Waals surface area contributed by atoms with Gasteiger partial charge in [-0.3, -0.25) is 0 Å². The third-order valence-electron chi connectivity index (χ3n) is 13.1. The number of hydrogen-bond acceptors (Lipinski definition) is 4. The smallest absolute Gasteiger partial charge is 0.227 e. The van der Waals surface area contributed by atoms with Crippen LogP contribution in [0.15, 0.2) is 173 Å². The zero-order valence-corrected chi connectivity index (χ0v) is 33.4. The van der Waals surface area contributed by atoms with Crippen molar-refractivity contribution >= 4 is 44.4 Å². The molecular weight excluding hydrogens is 721 g/mol. The molecule has 12 rings (SSSR count). The summed E-state index contributed by atoms with van der Waals surface area (Å²) in [5, 5.41) is 6.01. The molecule has 0 atom stereocenters. The summed E-state index contributed by atoms with van der Waals surface area (Å²) in [5.74, 6) is 0.606. The molecule has 4 nitrogen and oxygen atoms in total. The second-order valence-corrected chi connectivity index (χ2v) is 17.2. The van der Waals surface area contributed by atoms with Crippen LogP contribution in [0.5, 0.6) is 0 Å². The maximum Gasteiger partial charge on any atom is 0.227 e. The lowest BCUT2D eigenvalue weighted by molar-refractivity contribution is 0.617. The Hall–Kier alpha value is -7.17. The van der Waals surface area contributed by atoms with Gasteiger partial charge in [0, 0.05) is 55.7 Å². The highest BCUT2D eigenvalue weighted by atomic mass is 16.4. The largest absolute Gasteiger partial charge is 0.455 e. The number of aromatic nitrogens is 1. The standard InChI is InChI=1S/C55H40N2O2/c1-54(2)42-19-10-8-15-37(42)40-29-35(25-26-44(40)54)56-46-28-27-45-51(39-16-9-11-20-43(39)55(45,3)4)50(46)33-23-21-32(22-24-33)36-17-12-18-38-41-30-47-49(31-48(41)58-52(36)38)59-53(57-47)34-13-6-5-7-14-34/h5-31,56H,1-4H3. The van der Waals surface area contributed by atoms with E-state index in [2.05, 4.69) is 160 Å². The van der Waals surface area contributed by atoms with Crippen molar-refractivity contribution in [1.82, 2.24) is 4.98 Å². The molecule has 0 bridgehead atoms. The average molecular weight is 761 g/mol. The monoisotopic (exact) mass is 760 g/mol. The number of furan rings is 1. The minimum Gasteiger partial charge on any atom is -0.455 e. The molecular formula is C55H40N2O2. The summed E-state index contributed by atoms with van der Waals surface area (Å²) in [6.45, 7) is 9.36. The first-order valence-electron chi connectivity index (χ1n) is 20.4. The van der Waals surface area contributed by atoms with Crippen molar-refractivity contribution in [2.45, 2.75) is 38.5 Å². The molecule has 4 heteroatoms. The van der Waals surface area contributed by atoms with E-state index in [1.54, 1.807) is 0 Å². The van der Waals surface area contributed by atoms with Crippen LogP contribution in [0.25, 0.3) is 89.0 Å². The predicted octanol–water partition coefficient (Wildman–Crippen LogP) is 15.1. The molecule has 0 saturated heterocycles. The minimum absolute atomic E-state index is 0.0392. The summed E-state index contributed by atoms with van der Waals surface area (Å²) in [7, 11) is 0. The normalized spacial score (nSPS) is 14.4. The molecule has 10 aromatic rings. The molecule has 0 saturated carbocycles. The van der Waals surface area contributed by atoms with Crippen molar-refractivity contribution in [1.29, 1.82) is 0 Å². The number of fused-ring (bicyclic) bond motifs is 10. The first kappa shape index (κ1) is 33.9. The van der Waals surface area contributed by atoms with E-state index in [4.69, 9.17) is 13.8 Å². The number of oxazole rings is 1. The number of anilines is 2. The van der Waals surface area contributed by atoms with Gasteiger partial charge in [0.25, 0.3) is 0 Å². The molecule has 0 amide bonds.